The Hall–Kier alpha value is -3.38. The number of ether oxygens (including phenoxy) is 1. The number of hydrogen-bond acceptors (Lipinski definition) is 5. The molecule has 2 aromatic rings. The molecular formula is C30H30ClNO5. The van der Waals surface area contributed by atoms with E-state index in [1.807, 2.05) is 48.2 Å². The van der Waals surface area contributed by atoms with Crippen molar-refractivity contribution in [2.24, 2.45) is 0 Å². The number of rotatable bonds is 7. The van der Waals surface area contributed by atoms with Crippen LogP contribution in [0.15, 0.2) is 65.0 Å². The van der Waals surface area contributed by atoms with E-state index in [2.05, 4.69) is 0 Å². The second-order valence-electron chi connectivity index (χ2n) is 9.96. The molecule has 0 saturated heterocycles. The molecule has 0 atom stereocenters. The summed E-state index contributed by atoms with van der Waals surface area (Å²) in [6.45, 7) is 2.61. The lowest BCUT2D eigenvalue weighted by molar-refractivity contribution is -0.137. The minimum Gasteiger partial charge on any atom is -0.489 e. The van der Waals surface area contributed by atoms with Gasteiger partial charge in [-0.1, -0.05) is 41.4 Å². The molecule has 1 heterocycles. The number of hydrogen-bond donors (Lipinski definition) is 1. The number of allylic oxidation sites excluding steroid dienone is 4. The van der Waals surface area contributed by atoms with Gasteiger partial charge in [-0.3, -0.25) is 14.4 Å². The first kappa shape index (κ1) is 25.3. The molecule has 5 rings (SSSR count). The van der Waals surface area contributed by atoms with Crippen LogP contribution in [0.25, 0.3) is 0 Å². The van der Waals surface area contributed by atoms with Gasteiger partial charge in [-0.15, -0.1) is 0 Å². The number of ketones is 2. The highest BCUT2D eigenvalue weighted by molar-refractivity contribution is 6.30. The van der Waals surface area contributed by atoms with E-state index in [0.717, 1.165) is 22.5 Å². The maximum Gasteiger partial charge on any atom is 0.305 e. The van der Waals surface area contributed by atoms with Gasteiger partial charge >= 0.3 is 5.97 Å². The first-order valence-corrected chi connectivity index (χ1v) is 13.2. The van der Waals surface area contributed by atoms with Gasteiger partial charge in [0.25, 0.3) is 0 Å². The van der Waals surface area contributed by atoms with Gasteiger partial charge in [0.05, 0.1) is 6.42 Å². The standard InChI is InChI=1S/C30H30ClNO5/c1-18-8-10-19(11-9-18)17-37-26-13-12-20(31)16-21(26)28-29-22(4-2-6-24(29)33)32(15-14-27(35)36)23-5-3-7-25(34)30(23)28/h8-13,16,28H,2-7,14-15,17H2,1H3,(H,35,36). The summed E-state index contributed by atoms with van der Waals surface area (Å²) < 4.78 is 6.29. The number of aliphatic carboxylic acids is 1. The fraction of sp³-hybridized carbons (Fsp3) is 0.367. The zero-order valence-electron chi connectivity index (χ0n) is 20.9. The third kappa shape index (κ3) is 5.08. The Labute approximate surface area is 221 Å². The van der Waals surface area contributed by atoms with Crippen molar-refractivity contribution in [3.8, 4) is 5.75 Å². The fourth-order valence-electron chi connectivity index (χ4n) is 5.73. The Morgan fingerprint density at radius 2 is 1.59 bits per heavy atom. The van der Waals surface area contributed by atoms with Crippen molar-refractivity contribution in [2.75, 3.05) is 6.54 Å². The van der Waals surface area contributed by atoms with E-state index in [1.54, 1.807) is 6.07 Å². The van der Waals surface area contributed by atoms with Crippen molar-refractivity contribution in [1.29, 1.82) is 0 Å². The van der Waals surface area contributed by atoms with E-state index in [-0.39, 0.29) is 24.5 Å². The lowest BCUT2D eigenvalue weighted by Gasteiger charge is -2.44. The van der Waals surface area contributed by atoms with Crippen LogP contribution in [0.4, 0.5) is 0 Å². The molecule has 3 aliphatic rings. The molecule has 0 spiro atoms. The third-order valence-corrected chi connectivity index (χ3v) is 7.67. The highest BCUT2D eigenvalue weighted by Crippen LogP contribution is 2.51. The summed E-state index contributed by atoms with van der Waals surface area (Å²) in [5, 5.41) is 9.88. The summed E-state index contributed by atoms with van der Waals surface area (Å²) in [5.74, 6) is -0.887. The van der Waals surface area contributed by atoms with Gasteiger partial charge in [0, 0.05) is 58.4 Å². The number of carboxylic acids is 1. The Morgan fingerprint density at radius 1 is 0.973 bits per heavy atom. The second kappa shape index (κ2) is 10.5. The Kier molecular flexibility index (Phi) is 7.20. The first-order chi connectivity index (χ1) is 17.8. The molecule has 2 aromatic carbocycles. The molecular weight excluding hydrogens is 490 g/mol. The maximum atomic E-state index is 13.5. The summed E-state index contributed by atoms with van der Waals surface area (Å²) in [4.78, 5) is 40.4. The van der Waals surface area contributed by atoms with Crippen molar-refractivity contribution in [3.05, 3.63) is 86.7 Å². The SMILES string of the molecule is Cc1ccc(COc2ccc(Cl)cc2C2C3=C(CCCC3=O)N(CCC(=O)O)C3=C2C(=O)CCC3)cc1. The summed E-state index contributed by atoms with van der Waals surface area (Å²) in [6.07, 6.45) is 3.49. The molecule has 0 fully saturated rings. The van der Waals surface area contributed by atoms with Crippen molar-refractivity contribution < 1.29 is 24.2 Å². The molecule has 1 aliphatic heterocycles. The molecule has 0 aromatic heterocycles. The Balaban J connectivity index is 1.63. The van der Waals surface area contributed by atoms with E-state index >= 15 is 0 Å². The van der Waals surface area contributed by atoms with Crippen LogP contribution in [0.2, 0.25) is 5.02 Å². The molecule has 6 nitrogen and oxygen atoms in total. The number of halogens is 1. The number of carbonyl (C=O) groups excluding carboxylic acids is 2. The van der Waals surface area contributed by atoms with Crippen LogP contribution < -0.4 is 4.74 Å². The molecule has 2 aliphatic carbocycles. The zero-order valence-corrected chi connectivity index (χ0v) is 21.6. The topological polar surface area (TPSA) is 83.9 Å². The van der Waals surface area contributed by atoms with E-state index in [9.17, 15) is 19.5 Å². The van der Waals surface area contributed by atoms with Crippen molar-refractivity contribution in [2.45, 2.75) is 64.4 Å². The third-order valence-electron chi connectivity index (χ3n) is 7.43. The first-order valence-electron chi connectivity index (χ1n) is 12.8. The number of aryl methyl sites for hydroxylation is 1. The molecule has 1 N–H and O–H groups in total. The van der Waals surface area contributed by atoms with Crippen molar-refractivity contribution >= 4 is 29.1 Å². The van der Waals surface area contributed by atoms with Crippen LogP contribution in [0.5, 0.6) is 5.75 Å². The normalized spacial score (nSPS) is 18.2. The fourth-order valence-corrected chi connectivity index (χ4v) is 5.91. The molecule has 0 radical (unpaired) electrons. The molecule has 7 heteroatoms. The van der Waals surface area contributed by atoms with E-state index in [4.69, 9.17) is 16.3 Å². The predicted octanol–water partition coefficient (Wildman–Crippen LogP) is 6.12. The van der Waals surface area contributed by atoms with Crippen LogP contribution in [-0.4, -0.2) is 34.1 Å². The van der Waals surface area contributed by atoms with Gasteiger partial charge in [-0.2, -0.15) is 0 Å². The summed E-state index contributed by atoms with van der Waals surface area (Å²) >= 11 is 6.47. The number of Topliss-reactive ketones (excluding diaryl/α,β-unsaturated/α-hetero) is 2. The summed E-state index contributed by atoms with van der Waals surface area (Å²) in [6, 6.07) is 13.5. The smallest absolute Gasteiger partial charge is 0.305 e. The van der Waals surface area contributed by atoms with Gasteiger partial charge in [-0.05, 0) is 56.4 Å². The predicted molar refractivity (Wildman–Crippen MR) is 140 cm³/mol. The highest BCUT2D eigenvalue weighted by Gasteiger charge is 2.44. The largest absolute Gasteiger partial charge is 0.489 e. The average molecular weight is 520 g/mol. The highest BCUT2D eigenvalue weighted by atomic mass is 35.5. The van der Waals surface area contributed by atoms with Gasteiger partial charge in [-0.25, -0.2) is 0 Å². The number of carbonyl (C=O) groups is 3. The van der Waals surface area contributed by atoms with Crippen LogP contribution >= 0.6 is 11.6 Å². The minimum absolute atomic E-state index is 0.000888. The van der Waals surface area contributed by atoms with Gasteiger partial charge in [0.1, 0.15) is 12.4 Å². The second-order valence-corrected chi connectivity index (χ2v) is 10.4. The maximum absolute atomic E-state index is 13.5. The van der Waals surface area contributed by atoms with Crippen molar-refractivity contribution in [1.82, 2.24) is 4.90 Å². The molecule has 37 heavy (non-hydrogen) atoms. The molecule has 0 bridgehead atoms. The lowest BCUT2D eigenvalue weighted by Crippen LogP contribution is -2.40. The number of carboxylic acid groups (broad SMARTS) is 1. The lowest BCUT2D eigenvalue weighted by atomic mass is 9.70. The Morgan fingerprint density at radius 3 is 2.19 bits per heavy atom. The number of nitrogens with zero attached hydrogens (tertiary/aromatic N) is 1. The molecule has 192 valence electrons. The van der Waals surface area contributed by atoms with Gasteiger partial charge in [0.15, 0.2) is 11.6 Å². The van der Waals surface area contributed by atoms with Crippen LogP contribution in [0.3, 0.4) is 0 Å². The zero-order chi connectivity index (χ0) is 26.1. The van der Waals surface area contributed by atoms with Crippen LogP contribution in [0, 0.1) is 6.92 Å². The molecule has 0 unspecified atom stereocenters. The number of benzene rings is 2. The monoisotopic (exact) mass is 519 g/mol. The quantitative estimate of drug-likeness (QED) is 0.474. The Bertz CT molecular complexity index is 1280. The molecule has 0 saturated carbocycles. The van der Waals surface area contributed by atoms with Crippen molar-refractivity contribution in [3.63, 3.8) is 0 Å². The van der Waals surface area contributed by atoms with Crippen LogP contribution in [-0.2, 0) is 21.0 Å². The van der Waals surface area contributed by atoms with E-state index in [1.165, 1.54) is 0 Å². The molecule has 0 amide bonds. The van der Waals surface area contributed by atoms with Gasteiger partial charge in [0.2, 0.25) is 0 Å². The minimum atomic E-state index is -0.905. The van der Waals surface area contributed by atoms with E-state index in [0.29, 0.717) is 72.6 Å². The van der Waals surface area contributed by atoms with E-state index < -0.39 is 11.9 Å². The summed E-state index contributed by atoms with van der Waals surface area (Å²) in [7, 11) is 0. The summed E-state index contributed by atoms with van der Waals surface area (Å²) in [5.41, 5.74) is 5.76. The average Bonchev–Trinajstić information content (AvgIpc) is 2.87. The van der Waals surface area contributed by atoms with Gasteiger partial charge < -0.3 is 14.7 Å². The van der Waals surface area contributed by atoms with Crippen LogP contribution in [0.1, 0.15) is 67.6 Å².